The van der Waals surface area contributed by atoms with E-state index >= 15 is 0 Å². The van der Waals surface area contributed by atoms with Crippen LogP contribution in [0.1, 0.15) is 22.2 Å². The van der Waals surface area contributed by atoms with Crippen molar-refractivity contribution >= 4 is 43.0 Å². The molecule has 2 aromatic heterocycles. The summed E-state index contributed by atoms with van der Waals surface area (Å²) in [5.41, 5.74) is 2.03. The van der Waals surface area contributed by atoms with Gasteiger partial charge in [0.1, 0.15) is 0 Å². The van der Waals surface area contributed by atoms with Gasteiger partial charge in [-0.3, -0.25) is 0 Å². The Labute approximate surface area is 189 Å². The van der Waals surface area contributed by atoms with Gasteiger partial charge in [-0.15, -0.1) is 16.4 Å². The number of thiophene rings is 1. The topological polar surface area (TPSA) is 50.9 Å². The van der Waals surface area contributed by atoms with Crippen molar-refractivity contribution in [3.63, 3.8) is 0 Å². The maximum absolute atomic E-state index is 10.8. The lowest BCUT2D eigenvalue weighted by Gasteiger charge is -2.11. The molecule has 0 radical (unpaired) electrons. The van der Waals surface area contributed by atoms with E-state index in [9.17, 15) is 5.11 Å². The molecular formula is C27H21N3OS. The molecule has 1 unspecified atom stereocenters. The van der Waals surface area contributed by atoms with Gasteiger partial charge in [-0.25, -0.2) is 4.68 Å². The average Bonchev–Trinajstić information content (AvgIpc) is 3.45. The average molecular weight is 436 g/mol. The van der Waals surface area contributed by atoms with Gasteiger partial charge in [0.2, 0.25) is 0 Å². The number of fused-ring (bicyclic) bond motifs is 3. The van der Waals surface area contributed by atoms with Gasteiger partial charge in [0.15, 0.2) is 0 Å². The zero-order chi connectivity index (χ0) is 21.5. The van der Waals surface area contributed by atoms with Crippen LogP contribution in [0.25, 0.3) is 31.6 Å². The Kier molecular flexibility index (Phi) is 4.71. The van der Waals surface area contributed by atoms with Crippen molar-refractivity contribution in [1.82, 2.24) is 15.0 Å². The molecule has 1 atom stereocenters. The molecule has 0 bridgehead atoms. The summed E-state index contributed by atoms with van der Waals surface area (Å²) in [7, 11) is 0. The summed E-state index contributed by atoms with van der Waals surface area (Å²) in [6.45, 7) is 0.633. The van der Waals surface area contributed by atoms with Gasteiger partial charge < -0.3 is 5.11 Å². The molecule has 6 rings (SSSR count). The highest BCUT2D eigenvalue weighted by atomic mass is 32.1. The second kappa shape index (κ2) is 7.86. The largest absolute Gasteiger partial charge is 0.387 e. The number of aliphatic hydroxyl groups is 1. The summed E-state index contributed by atoms with van der Waals surface area (Å²) in [4.78, 5) is 0.959. The van der Waals surface area contributed by atoms with Crippen LogP contribution in [0.3, 0.4) is 0 Å². The Balaban J connectivity index is 1.30. The molecule has 0 aliphatic carbocycles. The van der Waals surface area contributed by atoms with Gasteiger partial charge in [0.05, 0.1) is 18.3 Å². The number of hydrogen-bond acceptors (Lipinski definition) is 4. The predicted octanol–water partition coefficient (Wildman–Crippen LogP) is 6.12. The Hall–Kier alpha value is -3.54. The number of rotatable bonds is 5. The lowest BCUT2D eigenvalue weighted by atomic mass is 9.97. The van der Waals surface area contributed by atoms with Gasteiger partial charge in [-0.2, -0.15) is 0 Å². The lowest BCUT2D eigenvalue weighted by molar-refractivity contribution is 0.181. The minimum atomic E-state index is -0.587. The molecule has 6 aromatic rings. The van der Waals surface area contributed by atoms with Gasteiger partial charge in [-0.1, -0.05) is 71.9 Å². The smallest absolute Gasteiger partial charge is 0.0938 e. The van der Waals surface area contributed by atoms with E-state index in [2.05, 4.69) is 83.1 Å². The highest BCUT2D eigenvalue weighted by molar-refractivity contribution is 7.19. The third-order valence-corrected chi connectivity index (χ3v) is 7.18. The van der Waals surface area contributed by atoms with E-state index in [1.165, 1.54) is 31.8 Å². The van der Waals surface area contributed by atoms with Crippen LogP contribution < -0.4 is 0 Å². The zero-order valence-electron chi connectivity index (χ0n) is 17.3. The molecule has 0 saturated carbocycles. The second-order valence-electron chi connectivity index (χ2n) is 8.11. The molecule has 5 heteroatoms. The van der Waals surface area contributed by atoms with E-state index < -0.39 is 6.10 Å². The molecule has 32 heavy (non-hydrogen) atoms. The molecule has 0 aliphatic rings. The van der Waals surface area contributed by atoms with E-state index in [1.54, 1.807) is 11.3 Å². The molecular weight excluding hydrogens is 414 g/mol. The van der Waals surface area contributed by atoms with Crippen molar-refractivity contribution in [2.75, 3.05) is 0 Å². The van der Waals surface area contributed by atoms with Crippen LogP contribution in [0.4, 0.5) is 0 Å². The Morgan fingerprint density at radius 1 is 0.812 bits per heavy atom. The number of nitrogens with zero attached hydrogens (tertiary/aromatic N) is 3. The molecule has 4 aromatic carbocycles. The summed E-state index contributed by atoms with van der Waals surface area (Å²) in [5, 5.41) is 25.6. The Bertz CT molecular complexity index is 1480. The Morgan fingerprint density at radius 3 is 2.19 bits per heavy atom. The van der Waals surface area contributed by atoms with E-state index in [0.717, 1.165) is 16.0 Å². The Morgan fingerprint density at radius 2 is 1.47 bits per heavy atom. The quantitative estimate of drug-likeness (QED) is 0.332. The molecule has 0 fully saturated rings. The molecule has 0 spiro atoms. The molecule has 0 saturated heterocycles. The van der Waals surface area contributed by atoms with Crippen molar-refractivity contribution < 1.29 is 5.11 Å². The summed E-state index contributed by atoms with van der Waals surface area (Å²) in [6.07, 6.45) is 1.81. The lowest BCUT2D eigenvalue weighted by Crippen LogP contribution is -2.02. The second-order valence-corrected chi connectivity index (χ2v) is 9.23. The van der Waals surface area contributed by atoms with Crippen molar-refractivity contribution in [2.24, 2.45) is 0 Å². The number of aromatic nitrogens is 3. The van der Waals surface area contributed by atoms with Gasteiger partial charge >= 0.3 is 0 Å². The monoisotopic (exact) mass is 435 g/mol. The maximum Gasteiger partial charge on any atom is 0.0938 e. The molecule has 156 valence electrons. The number of aliphatic hydroxyl groups excluding tert-OH is 1. The van der Waals surface area contributed by atoms with Crippen LogP contribution in [0.15, 0.2) is 91.1 Å². The number of hydrogen-bond donors (Lipinski definition) is 1. The first-order valence-electron chi connectivity index (χ1n) is 10.7. The molecule has 2 heterocycles. The fourth-order valence-corrected chi connectivity index (χ4v) is 5.47. The third-order valence-electron chi connectivity index (χ3n) is 5.96. The first-order chi connectivity index (χ1) is 15.7. The maximum atomic E-state index is 10.8. The van der Waals surface area contributed by atoms with E-state index in [1.807, 2.05) is 23.0 Å². The van der Waals surface area contributed by atoms with Crippen LogP contribution in [0, 0.1) is 0 Å². The molecule has 0 aliphatic heterocycles. The van der Waals surface area contributed by atoms with Crippen molar-refractivity contribution in [3.05, 3.63) is 107 Å². The SMILES string of the molecule is OC(Cc1cn(Cc2c3ccccc3cc3ccccc23)nn1)c1cc2ccccc2s1. The fraction of sp³-hybridized carbons (Fsp3) is 0.111. The highest BCUT2D eigenvalue weighted by Crippen LogP contribution is 2.32. The van der Waals surface area contributed by atoms with Crippen molar-refractivity contribution in [1.29, 1.82) is 0 Å². The predicted molar refractivity (Wildman–Crippen MR) is 131 cm³/mol. The summed E-state index contributed by atoms with van der Waals surface area (Å²) in [5.74, 6) is 0. The van der Waals surface area contributed by atoms with Crippen LogP contribution in [-0.4, -0.2) is 20.1 Å². The zero-order valence-corrected chi connectivity index (χ0v) is 18.2. The summed E-state index contributed by atoms with van der Waals surface area (Å²) in [6, 6.07) is 29.5. The first kappa shape index (κ1) is 19.2. The van der Waals surface area contributed by atoms with Crippen LogP contribution in [-0.2, 0) is 13.0 Å². The summed E-state index contributed by atoms with van der Waals surface area (Å²) < 4.78 is 3.06. The van der Waals surface area contributed by atoms with Crippen LogP contribution in [0.5, 0.6) is 0 Å². The van der Waals surface area contributed by atoms with E-state index in [0.29, 0.717) is 13.0 Å². The minimum Gasteiger partial charge on any atom is -0.387 e. The number of benzene rings is 4. The van der Waals surface area contributed by atoms with Crippen molar-refractivity contribution in [3.8, 4) is 0 Å². The van der Waals surface area contributed by atoms with Crippen LogP contribution in [0.2, 0.25) is 0 Å². The van der Waals surface area contributed by atoms with Crippen molar-refractivity contribution in [2.45, 2.75) is 19.1 Å². The van der Waals surface area contributed by atoms with Gasteiger partial charge in [-0.05, 0) is 50.7 Å². The van der Waals surface area contributed by atoms with E-state index in [4.69, 9.17) is 0 Å². The third kappa shape index (κ3) is 3.45. The normalized spacial score (nSPS) is 12.7. The summed E-state index contributed by atoms with van der Waals surface area (Å²) >= 11 is 1.63. The molecule has 0 amide bonds. The fourth-order valence-electron chi connectivity index (χ4n) is 4.42. The first-order valence-corrected chi connectivity index (χ1v) is 11.5. The van der Waals surface area contributed by atoms with Gasteiger partial charge in [0, 0.05) is 22.2 Å². The van der Waals surface area contributed by atoms with Crippen LogP contribution >= 0.6 is 11.3 Å². The van der Waals surface area contributed by atoms with Gasteiger partial charge in [0.25, 0.3) is 0 Å². The minimum absolute atomic E-state index is 0.448. The van der Waals surface area contributed by atoms with E-state index in [-0.39, 0.29) is 0 Å². The molecule has 1 N–H and O–H groups in total. The highest BCUT2D eigenvalue weighted by Gasteiger charge is 2.15. The standard InChI is InChI=1S/C27H21N3OS/c31-25(27-14-20-9-3-6-12-26(20)32-27)15-21-16-30(29-28-21)17-24-22-10-4-1-7-18(22)13-19-8-2-5-11-23(19)24/h1-14,16,25,31H,15,17H2. The molecule has 4 nitrogen and oxygen atoms in total.